The molecule has 0 saturated carbocycles. The van der Waals surface area contributed by atoms with Gasteiger partial charge in [-0.15, -0.1) is 0 Å². The van der Waals surface area contributed by atoms with Crippen LogP contribution >= 0.6 is 11.6 Å². The SMILES string of the molecule is CC(C)(OC(=O)[C@@H](Cc1ccc(Cl)cc1)N=C(c1ccccc1)c1ccccc1)c1ccccc1. The van der Waals surface area contributed by atoms with E-state index in [1.165, 1.54) is 0 Å². The summed E-state index contributed by atoms with van der Waals surface area (Å²) in [5.74, 6) is -0.377. The van der Waals surface area contributed by atoms with Crippen LogP contribution in [0.4, 0.5) is 0 Å². The molecule has 0 bridgehead atoms. The Hall–Kier alpha value is -3.69. The van der Waals surface area contributed by atoms with Crippen LogP contribution in [0.25, 0.3) is 0 Å². The van der Waals surface area contributed by atoms with Crippen LogP contribution in [0, 0.1) is 0 Å². The number of rotatable bonds is 8. The van der Waals surface area contributed by atoms with E-state index in [1.54, 1.807) is 0 Å². The molecule has 0 spiro atoms. The number of halogens is 1. The Balaban J connectivity index is 1.74. The third kappa shape index (κ3) is 6.46. The Morgan fingerprint density at radius 2 is 1.26 bits per heavy atom. The quantitative estimate of drug-likeness (QED) is 0.196. The van der Waals surface area contributed by atoms with Crippen molar-refractivity contribution < 1.29 is 9.53 Å². The zero-order chi connectivity index (χ0) is 24.7. The lowest BCUT2D eigenvalue weighted by molar-refractivity contribution is -0.159. The zero-order valence-electron chi connectivity index (χ0n) is 19.9. The Morgan fingerprint density at radius 1 is 0.771 bits per heavy atom. The molecule has 4 aromatic carbocycles. The minimum absolute atomic E-state index is 0.377. The maximum Gasteiger partial charge on any atom is 0.332 e. The van der Waals surface area contributed by atoms with E-state index in [-0.39, 0.29) is 5.97 Å². The maximum absolute atomic E-state index is 13.6. The van der Waals surface area contributed by atoms with Crippen LogP contribution in [-0.4, -0.2) is 17.7 Å². The number of esters is 1. The smallest absolute Gasteiger partial charge is 0.332 e. The first-order chi connectivity index (χ1) is 16.9. The van der Waals surface area contributed by atoms with Gasteiger partial charge in [-0.1, -0.05) is 115 Å². The molecule has 0 fully saturated rings. The Labute approximate surface area is 212 Å². The van der Waals surface area contributed by atoms with Crippen molar-refractivity contribution in [1.82, 2.24) is 0 Å². The topological polar surface area (TPSA) is 38.7 Å². The van der Waals surface area contributed by atoms with Crippen LogP contribution in [0.2, 0.25) is 5.02 Å². The highest BCUT2D eigenvalue weighted by Crippen LogP contribution is 2.26. The molecule has 0 aliphatic heterocycles. The van der Waals surface area contributed by atoms with Gasteiger partial charge >= 0.3 is 5.97 Å². The normalized spacial score (nSPS) is 12.0. The van der Waals surface area contributed by atoms with E-state index in [9.17, 15) is 4.79 Å². The van der Waals surface area contributed by atoms with E-state index in [0.717, 1.165) is 28.0 Å². The predicted molar refractivity (Wildman–Crippen MR) is 143 cm³/mol. The second-order valence-electron chi connectivity index (χ2n) is 8.85. The van der Waals surface area contributed by atoms with Crippen molar-refractivity contribution in [3.05, 3.63) is 143 Å². The van der Waals surface area contributed by atoms with Gasteiger partial charge in [0.15, 0.2) is 6.04 Å². The summed E-state index contributed by atoms with van der Waals surface area (Å²) in [5.41, 5.74) is 3.71. The molecule has 4 heteroatoms. The summed E-state index contributed by atoms with van der Waals surface area (Å²) in [4.78, 5) is 18.7. The number of nitrogens with zero attached hydrogens (tertiary/aromatic N) is 1. The Kier molecular flexibility index (Phi) is 7.79. The standard InChI is InChI=1S/C31H28ClNO2/c1-31(2,26-16-10-5-11-17-26)35-30(34)28(22-23-18-20-27(32)21-19-23)33-29(24-12-6-3-7-13-24)25-14-8-4-9-15-25/h3-21,28H,22H2,1-2H3/t28-/m1/s1. The molecule has 0 aliphatic carbocycles. The van der Waals surface area contributed by atoms with Crippen molar-refractivity contribution in [1.29, 1.82) is 0 Å². The third-order valence-electron chi connectivity index (χ3n) is 5.82. The van der Waals surface area contributed by atoms with Crippen LogP contribution in [0.1, 0.15) is 36.1 Å². The van der Waals surface area contributed by atoms with Crippen molar-refractivity contribution >= 4 is 23.3 Å². The molecule has 4 rings (SSSR count). The molecule has 0 saturated heterocycles. The van der Waals surface area contributed by atoms with E-state index < -0.39 is 11.6 Å². The number of ether oxygens (including phenoxy) is 1. The highest BCUT2D eigenvalue weighted by atomic mass is 35.5. The van der Waals surface area contributed by atoms with Crippen molar-refractivity contribution in [3.63, 3.8) is 0 Å². The van der Waals surface area contributed by atoms with E-state index in [0.29, 0.717) is 11.4 Å². The lowest BCUT2D eigenvalue weighted by atomic mass is 9.97. The lowest BCUT2D eigenvalue weighted by Crippen LogP contribution is -2.33. The highest BCUT2D eigenvalue weighted by molar-refractivity contribution is 6.30. The second kappa shape index (κ2) is 11.2. The van der Waals surface area contributed by atoms with Gasteiger partial charge in [0.2, 0.25) is 0 Å². The average Bonchev–Trinajstić information content (AvgIpc) is 2.89. The number of carbonyl (C=O) groups excluding carboxylic acids is 1. The van der Waals surface area contributed by atoms with Gasteiger partial charge in [0, 0.05) is 22.6 Å². The minimum Gasteiger partial charge on any atom is -0.453 e. The lowest BCUT2D eigenvalue weighted by Gasteiger charge is -2.27. The van der Waals surface area contributed by atoms with Gasteiger partial charge in [0.25, 0.3) is 0 Å². The predicted octanol–water partition coefficient (Wildman–Crippen LogP) is 7.27. The molecule has 0 amide bonds. The summed E-state index contributed by atoms with van der Waals surface area (Å²) >= 11 is 6.09. The largest absolute Gasteiger partial charge is 0.453 e. The summed E-state index contributed by atoms with van der Waals surface area (Å²) in [7, 11) is 0. The summed E-state index contributed by atoms with van der Waals surface area (Å²) in [6, 6.07) is 36.3. The molecular weight excluding hydrogens is 454 g/mol. The zero-order valence-corrected chi connectivity index (χ0v) is 20.7. The van der Waals surface area contributed by atoms with Gasteiger partial charge in [-0.05, 0) is 37.1 Å². The number of hydrogen-bond acceptors (Lipinski definition) is 3. The molecule has 35 heavy (non-hydrogen) atoms. The molecule has 0 N–H and O–H groups in total. The van der Waals surface area contributed by atoms with Crippen LogP contribution in [0.3, 0.4) is 0 Å². The van der Waals surface area contributed by atoms with Crippen molar-refractivity contribution in [2.24, 2.45) is 4.99 Å². The summed E-state index contributed by atoms with van der Waals surface area (Å²) in [5, 5.41) is 0.649. The van der Waals surface area contributed by atoms with E-state index in [4.69, 9.17) is 21.3 Å². The highest BCUT2D eigenvalue weighted by Gasteiger charge is 2.30. The molecule has 3 nitrogen and oxygen atoms in total. The van der Waals surface area contributed by atoms with Crippen molar-refractivity contribution in [3.8, 4) is 0 Å². The second-order valence-corrected chi connectivity index (χ2v) is 9.29. The molecule has 176 valence electrons. The van der Waals surface area contributed by atoms with Crippen LogP contribution in [0.15, 0.2) is 120 Å². The van der Waals surface area contributed by atoms with Gasteiger partial charge in [0.1, 0.15) is 5.60 Å². The van der Waals surface area contributed by atoms with Gasteiger partial charge in [-0.3, -0.25) is 4.99 Å². The molecule has 0 unspecified atom stereocenters. The molecule has 0 aromatic heterocycles. The maximum atomic E-state index is 13.6. The molecule has 1 atom stereocenters. The number of hydrogen-bond donors (Lipinski definition) is 0. The first kappa shape index (κ1) is 24.4. The van der Waals surface area contributed by atoms with E-state index in [2.05, 4.69) is 0 Å². The third-order valence-corrected chi connectivity index (χ3v) is 6.07. The summed E-state index contributed by atoms with van der Waals surface area (Å²) in [6.07, 6.45) is 0.393. The monoisotopic (exact) mass is 481 g/mol. The number of benzene rings is 4. The molecule has 0 aliphatic rings. The molecule has 0 radical (unpaired) electrons. The number of aliphatic imine (C=N–C) groups is 1. The van der Waals surface area contributed by atoms with Gasteiger partial charge < -0.3 is 4.74 Å². The average molecular weight is 482 g/mol. The fourth-order valence-electron chi connectivity index (χ4n) is 3.91. The Bertz CT molecular complexity index is 1230. The van der Waals surface area contributed by atoms with Gasteiger partial charge in [0.05, 0.1) is 5.71 Å². The summed E-state index contributed by atoms with van der Waals surface area (Å²) in [6.45, 7) is 3.80. The molecule has 0 heterocycles. The fourth-order valence-corrected chi connectivity index (χ4v) is 4.03. The van der Waals surface area contributed by atoms with Crippen molar-refractivity contribution in [2.45, 2.75) is 31.9 Å². The van der Waals surface area contributed by atoms with Crippen LogP contribution in [-0.2, 0) is 21.6 Å². The van der Waals surface area contributed by atoms with E-state index >= 15 is 0 Å². The minimum atomic E-state index is -0.800. The van der Waals surface area contributed by atoms with E-state index in [1.807, 2.05) is 129 Å². The Morgan fingerprint density at radius 3 is 1.77 bits per heavy atom. The fraction of sp³-hybridized carbons (Fsp3) is 0.161. The molecule has 4 aromatic rings. The molecular formula is C31H28ClNO2. The number of carbonyl (C=O) groups is 1. The first-order valence-electron chi connectivity index (χ1n) is 11.6. The van der Waals surface area contributed by atoms with Gasteiger partial charge in [-0.25, -0.2) is 4.79 Å². The van der Waals surface area contributed by atoms with Crippen LogP contribution < -0.4 is 0 Å². The van der Waals surface area contributed by atoms with Gasteiger partial charge in [-0.2, -0.15) is 0 Å². The summed E-state index contributed by atoms with van der Waals surface area (Å²) < 4.78 is 6.08. The van der Waals surface area contributed by atoms with Crippen LogP contribution in [0.5, 0.6) is 0 Å². The first-order valence-corrected chi connectivity index (χ1v) is 12.0. The van der Waals surface area contributed by atoms with Crippen molar-refractivity contribution in [2.75, 3.05) is 0 Å².